The molecule has 2 rings (SSSR count). The smallest absolute Gasteiger partial charge is 0.308 e. The van der Waals surface area contributed by atoms with E-state index in [1.165, 1.54) is 30.2 Å². The number of hydrogen-bond donors (Lipinski definition) is 1. The van der Waals surface area contributed by atoms with Gasteiger partial charge in [0.1, 0.15) is 0 Å². The van der Waals surface area contributed by atoms with Gasteiger partial charge in [-0.1, -0.05) is 23.1 Å². The van der Waals surface area contributed by atoms with E-state index in [9.17, 15) is 9.59 Å². The lowest BCUT2D eigenvalue weighted by Crippen LogP contribution is -2.41. The van der Waals surface area contributed by atoms with Gasteiger partial charge in [-0.05, 0) is 19.8 Å². The molecule has 2 heterocycles. The van der Waals surface area contributed by atoms with E-state index in [0.29, 0.717) is 31.7 Å². The molecule has 22 heavy (non-hydrogen) atoms. The van der Waals surface area contributed by atoms with E-state index in [2.05, 4.69) is 15.5 Å². The Hall–Kier alpha value is -1.35. The van der Waals surface area contributed by atoms with Crippen LogP contribution >= 0.6 is 23.1 Å². The third kappa shape index (κ3) is 4.57. The van der Waals surface area contributed by atoms with Crippen molar-refractivity contribution in [3.63, 3.8) is 0 Å². The molecule has 122 valence electrons. The van der Waals surface area contributed by atoms with Crippen molar-refractivity contribution in [2.45, 2.75) is 24.1 Å². The quantitative estimate of drug-likeness (QED) is 0.618. The van der Waals surface area contributed by atoms with Gasteiger partial charge >= 0.3 is 5.97 Å². The van der Waals surface area contributed by atoms with Crippen LogP contribution in [-0.2, 0) is 14.3 Å². The Balaban J connectivity index is 1.74. The van der Waals surface area contributed by atoms with Gasteiger partial charge < -0.3 is 15.0 Å². The molecule has 0 radical (unpaired) electrons. The van der Waals surface area contributed by atoms with Gasteiger partial charge in [0.15, 0.2) is 4.34 Å². The van der Waals surface area contributed by atoms with Crippen molar-refractivity contribution in [1.82, 2.24) is 15.1 Å². The fourth-order valence-corrected chi connectivity index (χ4v) is 3.96. The first-order chi connectivity index (χ1) is 10.6. The summed E-state index contributed by atoms with van der Waals surface area (Å²) in [5.41, 5.74) is 0. The maximum Gasteiger partial charge on any atom is 0.308 e. The van der Waals surface area contributed by atoms with Gasteiger partial charge in [0.05, 0.1) is 18.8 Å². The Kier molecular flexibility index (Phi) is 6.44. The van der Waals surface area contributed by atoms with Crippen molar-refractivity contribution in [3.8, 4) is 0 Å². The number of anilines is 1. The predicted octanol–water partition coefficient (Wildman–Crippen LogP) is 1.47. The Bertz CT molecular complexity index is 515. The zero-order chi connectivity index (χ0) is 15.9. The van der Waals surface area contributed by atoms with Crippen LogP contribution in [0.3, 0.4) is 0 Å². The lowest BCUT2D eigenvalue weighted by Gasteiger charge is -2.30. The average Bonchev–Trinajstić information content (AvgIpc) is 3.00. The highest BCUT2D eigenvalue weighted by atomic mass is 32.2. The minimum Gasteiger partial charge on any atom is -0.469 e. The predicted molar refractivity (Wildman–Crippen MR) is 86.1 cm³/mol. The first kappa shape index (κ1) is 17.0. The van der Waals surface area contributed by atoms with Crippen LogP contribution in [0.1, 0.15) is 19.8 Å². The third-order valence-electron chi connectivity index (χ3n) is 3.44. The number of amides is 1. The monoisotopic (exact) mass is 344 g/mol. The average molecular weight is 344 g/mol. The lowest BCUT2D eigenvalue weighted by molar-refractivity contribution is -0.148. The maximum absolute atomic E-state index is 12.2. The number of carbonyl (C=O) groups is 2. The van der Waals surface area contributed by atoms with E-state index in [1.54, 1.807) is 4.90 Å². The molecule has 7 nitrogen and oxygen atoms in total. The molecular weight excluding hydrogens is 324 g/mol. The van der Waals surface area contributed by atoms with Crippen LogP contribution in [0.15, 0.2) is 4.34 Å². The van der Waals surface area contributed by atoms with Crippen molar-refractivity contribution in [3.05, 3.63) is 0 Å². The maximum atomic E-state index is 12.2. The molecule has 0 spiro atoms. The van der Waals surface area contributed by atoms with Crippen molar-refractivity contribution >= 4 is 40.1 Å². The largest absolute Gasteiger partial charge is 0.469 e. The van der Waals surface area contributed by atoms with Crippen LogP contribution in [-0.4, -0.2) is 59.5 Å². The van der Waals surface area contributed by atoms with Gasteiger partial charge in [0.2, 0.25) is 11.0 Å². The summed E-state index contributed by atoms with van der Waals surface area (Å²) < 4.78 is 5.53. The van der Waals surface area contributed by atoms with Gasteiger partial charge in [-0.3, -0.25) is 9.59 Å². The minimum absolute atomic E-state index is 0.0763. The van der Waals surface area contributed by atoms with Crippen LogP contribution in [0, 0.1) is 5.92 Å². The standard InChI is InChI=1S/C13H20N4O3S2/c1-3-14-12-15-16-13(22-12)21-8-10(18)17-6-4-9(5-7-17)11(19)20-2/h9H,3-8H2,1-2H3,(H,14,15). The Morgan fingerprint density at radius 2 is 2.14 bits per heavy atom. The molecular formula is C13H20N4O3S2. The van der Waals surface area contributed by atoms with E-state index >= 15 is 0 Å². The molecule has 1 N–H and O–H groups in total. The van der Waals surface area contributed by atoms with Crippen molar-refractivity contribution < 1.29 is 14.3 Å². The summed E-state index contributed by atoms with van der Waals surface area (Å²) >= 11 is 2.85. The topological polar surface area (TPSA) is 84.4 Å². The summed E-state index contributed by atoms with van der Waals surface area (Å²) in [7, 11) is 1.40. The summed E-state index contributed by atoms with van der Waals surface area (Å²) in [6.07, 6.45) is 1.35. The van der Waals surface area contributed by atoms with E-state index in [-0.39, 0.29) is 17.8 Å². The molecule has 0 aromatic carbocycles. The highest BCUT2D eigenvalue weighted by Crippen LogP contribution is 2.26. The minimum atomic E-state index is -0.175. The number of likely N-dealkylation sites (tertiary alicyclic amines) is 1. The molecule has 0 unspecified atom stereocenters. The summed E-state index contributed by atoms with van der Waals surface area (Å²) in [6, 6.07) is 0. The summed E-state index contributed by atoms with van der Waals surface area (Å²) in [4.78, 5) is 25.4. The molecule has 1 saturated heterocycles. The fraction of sp³-hybridized carbons (Fsp3) is 0.692. The molecule has 0 atom stereocenters. The number of aromatic nitrogens is 2. The SMILES string of the molecule is CCNc1nnc(SCC(=O)N2CCC(C(=O)OC)CC2)s1. The highest BCUT2D eigenvalue weighted by molar-refractivity contribution is 8.01. The molecule has 1 aromatic rings. The van der Waals surface area contributed by atoms with Gasteiger partial charge in [0.25, 0.3) is 0 Å². The summed E-state index contributed by atoms with van der Waals surface area (Å²) in [5.74, 6) is 0.177. The van der Waals surface area contributed by atoms with Gasteiger partial charge in [-0.25, -0.2) is 0 Å². The number of hydrogen-bond acceptors (Lipinski definition) is 8. The number of methoxy groups -OCH3 is 1. The summed E-state index contributed by atoms with van der Waals surface area (Å²) in [5, 5.41) is 11.9. The highest BCUT2D eigenvalue weighted by Gasteiger charge is 2.27. The van der Waals surface area contributed by atoms with Crippen molar-refractivity contribution in [2.75, 3.05) is 37.8 Å². The molecule has 1 fully saturated rings. The third-order valence-corrected chi connectivity index (χ3v) is 5.43. The number of esters is 1. The van der Waals surface area contributed by atoms with Crippen molar-refractivity contribution in [2.24, 2.45) is 5.92 Å². The molecule has 1 aromatic heterocycles. The van der Waals surface area contributed by atoms with Gasteiger partial charge in [0, 0.05) is 19.6 Å². The van der Waals surface area contributed by atoms with E-state index in [1.807, 2.05) is 6.92 Å². The van der Waals surface area contributed by atoms with Gasteiger partial charge in [-0.2, -0.15) is 0 Å². The van der Waals surface area contributed by atoms with Crippen molar-refractivity contribution in [1.29, 1.82) is 0 Å². The zero-order valence-electron chi connectivity index (χ0n) is 12.7. The number of nitrogens with zero attached hydrogens (tertiary/aromatic N) is 3. The number of rotatable bonds is 6. The Morgan fingerprint density at radius 3 is 2.77 bits per heavy atom. The molecule has 0 bridgehead atoms. The zero-order valence-corrected chi connectivity index (χ0v) is 14.3. The number of ether oxygens (including phenoxy) is 1. The second kappa shape index (κ2) is 8.33. The number of thioether (sulfide) groups is 1. The van der Waals surface area contributed by atoms with E-state index < -0.39 is 0 Å². The molecule has 1 amide bonds. The van der Waals surface area contributed by atoms with E-state index in [0.717, 1.165) is 16.0 Å². The van der Waals surface area contributed by atoms with Gasteiger partial charge in [-0.15, -0.1) is 10.2 Å². The fourth-order valence-electron chi connectivity index (χ4n) is 2.24. The van der Waals surface area contributed by atoms with Crippen LogP contribution in [0.5, 0.6) is 0 Å². The second-order valence-corrected chi connectivity index (χ2v) is 7.07. The molecule has 9 heteroatoms. The van der Waals surface area contributed by atoms with Crippen LogP contribution in [0.2, 0.25) is 0 Å². The van der Waals surface area contributed by atoms with E-state index in [4.69, 9.17) is 4.74 Å². The lowest BCUT2D eigenvalue weighted by atomic mass is 9.97. The summed E-state index contributed by atoms with van der Waals surface area (Å²) in [6.45, 7) is 4.01. The number of piperidine rings is 1. The first-order valence-electron chi connectivity index (χ1n) is 7.19. The molecule has 0 saturated carbocycles. The number of carbonyl (C=O) groups excluding carboxylic acids is 2. The normalized spacial score (nSPS) is 15.6. The van der Waals surface area contributed by atoms with Crippen LogP contribution < -0.4 is 5.32 Å². The van der Waals surface area contributed by atoms with Crippen LogP contribution in [0.25, 0.3) is 0 Å². The molecule has 1 aliphatic rings. The first-order valence-corrected chi connectivity index (χ1v) is 9.00. The molecule has 1 aliphatic heterocycles. The molecule has 0 aliphatic carbocycles. The second-order valence-electron chi connectivity index (χ2n) is 4.87. The Labute approximate surface area is 137 Å². The Morgan fingerprint density at radius 1 is 1.41 bits per heavy atom. The van der Waals surface area contributed by atoms with Crippen LogP contribution in [0.4, 0.5) is 5.13 Å². The number of nitrogens with one attached hydrogen (secondary N) is 1.